The maximum atomic E-state index is 12.7. The van der Waals surface area contributed by atoms with Crippen LogP contribution in [-0.4, -0.2) is 60.9 Å². The predicted molar refractivity (Wildman–Crippen MR) is 75.2 cm³/mol. The van der Waals surface area contributed by atoms with Gasteiger partial charge in [-0.3, -0.25) is 9.48 Å². The topological polar surface area (TPSA) is 56.6 Å². The van der Waals surface area contributed by atoms with E-state index in [1.165, 1.54) is 0 Å². The Balaban J connectivity index is 2.23. The van der Waals surface area contributed by atoms with E-state index >= 15 is 0 Å². The number of likely N-dealkylation sites (N-methyl/N-ethyl adjacent to an activating group) is 1. The summed E-state index contributed by atoms with van der Waals surface area (Å²) in [4.78, 5) is 14.8. The van der Waals surface area contributed by atoms with Crippen LogP contribution in [0.25, 0.3) is 0 Å². The van der Waals surface area contributed by atoms with Gasteiger partial charge in [-0.2, -0.15) is 5.10 Å². The number of carbonyl (C=O) groups is 1. The highest BCUT2D eigenvalue weighted by atomic mass is 16.5. The van der Waals surface area contributed by atoms with Gasteiger partial charge in [0.25, 0.3) is 0 Å². The van der Waals surface area contributed by atoms with E-state index in [4.69, 9.17) is 9.47 Å². The number of methoxy groups -OCH3 is 1. The fourth-order valence-corrected chi connectivity index (χ4v) is 2.48. The molecule has 0 aromatic carbocycles. The molecular formula is C14H23N3O3. The van der Waals surface area contributed by atoms with Gasteiger partial charge < -0.3 is 14.4 Å². The van der Waals surface area contributed by atoms with Crippen LogP contribution in [0.3, 0.4) is 0 Å². The van der Waals surface area contributed by atoms with Crippen molar-refractivity contribution in [3.8, 4) is 5.75 Å². The molecule has 0 spiro atoms. The molecule has 1 aliphatic heterocycles. The average Bonchev–Trinajstić information content (AvgIpc) is 3.01. The standard InChI is InChI=1S/C14H23N3O3/c1-10-11(5-8-20-10)14(18)13-12(19-4)9-15-17(13)7-6-16(2)3/h9-11H,5-8H2,1-4H3. The molecule has 20 heavy (non-hydrogen) atoms. The van der Waals surface area contributed by atoms with Gasteiger partial charge in [0.05, 0.1) is 31.9 Å². The van der Waals surface area contributed by atoms with E-state index in [0.29, 0.717) is 24.6 Å². The smallest absolute Gasteiger partial charge is 0.190 e. The lowest BCUT2D eigenvalue weighted by Crippen LogP contribution is -2.27. The SMILES string of the molecule is COc1cnn(CCN(C)C)c1C(=O)C1CCOC1C. The molecule has 2 heterocycles. The summed E-state index contributed by atoms with van der Waals surface area (Å²) < 4.78 is 12.5. The number of ketones is 1. The van der Waals surface area contributed by atoms with E-state index in [2.05, 4.69) is 10.00 Å². The van der Waals surface area contributed by atoms with E-state index in [1.54, 1.807) is 18.0 Å². The van der Waals surface area contributed by atoms with Crippen molar-refractivity contribution in [2.75, 3.05) is 34.4 Å². The third-order valence-corrected chi connectivity index (χ3v) is 3.73. The Bertz CT molecular complexity index is 470. The zero-order chi connectivity index (χ0) is 14.7. The lowest BCUT2D eigenvalue weighted by Gasteiger charge is -2.16. The van der Waals surface area contributed by atoms with Crippen molar-refractivity contribution in [2.24, 2.45) is 5.92 Å². The Labute approximate surface area is 119 Å². The van der Waals surface area contributed by atoms with Crippen molar-refractivity contribution in [1.82, 2.24) is 14.7 Å². The molecule has 112 valence electrons. The van der Waals surface area contributed by atoms with Gasteiger partial charge in [-0.15, -0.1) is 0 Å². The third-order valence-electron chi connectivity index (χ3n) is 3.73. The number of hydrogen-bond acceptors (Lipinski definition) is 5. The van der Waals surface area contributed by atoms with Gasteiger partial charge in [-0.25, -0.2) is 0 Å². The van der Waals surface area contributed by atoms with Crippen molar-refractivity contribution in [3.63, 3.8) is 0 Å². The van der Waals surface area contributed by atoms with Crippen LogP contribution in [0.4, 0.5) is 0 Å². The number of nitrogens with zero attached hydrogens (tertiary/aromatic N) is 3. The zero-order valence-corrected chi connectivity index (χ0v) is 12.6. The van der Waals surface area contributed by atoms with Gasteiger partial charge in [0.15, 0.2) is 11.5 Å². The van der Waals surface area contributed by atoms with Crippen LogP contribution in [0.1, 0.15) is 23.8 Å². The first kappa shape index (κ1) is 15.0. The van der Waals surface area contributed by atoms with Crippen LogP contribution in [0, 0.1) is 5.92 Å². The summed E-state index contributed by atoms with van der Waals surface area (Å²) in [7, 11) is 5.56. The fraction of sp³-hybridized carbons (Fsp3) is 0.714. The molecule has 1 aromatic heterocycles. The monoisotopic (exact) mass is 281 g/mol. The molecule has 6 heteroatoms. The van der Waals surface area contributed by atoms with Crippen molar-refractivity contribution in [1.29, 1.82) is 0 Å². The molecule has 1 saturated heterocycles. The summed E-state index contributed by atoms with van der Waals surface area (Å²) in [6.07, 6.45) is 2.34. The van der Waals surface area contributed by atoms with E-state index in [0.717, 1.165) is 13.0 Å². The van der Waals surface area contributed by atoms with Gasteiger partial charge in [0.1, 0.15) is 5.69 Å². The zero-order valence-electron chi connectivity index (χ0n) is 12.6. The Morgan fingerprint density at radius 1 is 1.60 bits per heavy atom. The Morgan fingerprint density at radius 2 is 2.35 bits per heavy atom. The van der Waals surface area contributed by atoms with Gasteiger partial charge in [-0.1, -0.05) is 0 Å². The lowest BCUT2D eigenvalue weighted by atomic mass is 9.95. The molecule has 1 aliphatic rings. The molecule has 0 amide bonds. The van der Waals surface area contributed by atoms with Crippen LogP contribution in [0.5, 0.6) is 5.75 Å². The molecule has 0 saturated carbocycles. The highest BCUT2D eigenvalue weighted by Gasteiger charge is 2.35. The summed E-state index contributed by atoms with van der Waals surface area (Å²) in [5.41, 5.74) is 0.566. The largest absolute Gasteiger partial charge is 0.493 e. The molecule has 0 bridgehead atoms. The van der Waals surface area contributed by atoms with Gasteiger partial charge in [0, 0.05) is 13.2 Å². The van der Waals surface area contributed by atoms with Crippen LogP contribution < -0.4 is 4.74 Å². The summed E-state index contributed by atoms with van der Waals surface area (Å²) in [6.45, 7) is 4.08. The van der Waals surface area contributed by atoms with Gasteiger partial charge >= 0.3 is 0 Å². The molecule has 0 N–H and O–H groups in total. The summed E-state index contributed by atoms with van der Waals surface area (Å²) >= 11 is 0. The van der Waals surface area contributed by atoms with E-state index in [9.17, 15) is 4.79 Å². The highest BCUT2D eigenvalue weighted by molar-refractivity contribution is 5.99. The quantitative estimate of drug-likeness (QED) is 0.730. The number of carbonyl (C=O) groups excluding carboxylic acids is 1. The van der Waals surface area contributed by atoms with Crippen LogP contribution in [0.15, 0.2) is 6.20 Å². The van der Waals surface area contributed by atoms with Gasteiger partial charge in [-0.05, 0) is 27.4 Å². The second kappa shape index (κ2) is 6.37. The predicted octanol–water partition coefficient (Wildman–Crippen LogP) is 1.06. The molecule has 1 fully saturated rings. The minimum Gasteiger partial charge on any atom is -0.493 e. The van der Waals surface area contributed by atoms with Crippen molar-refractivity contribution in [3.05, 3.63) is 11.9 Å². The Kier molecular flexibility index (Phi) is 4.77. The minimum absolute atomic E-state index is 0.0376. The second-order valence-corrected chi connectivity index (χ2v) is 5.42. The normalized spacial score (nSPS) is 22.4. The lowest BCUT2D eigenvalue weighted by molar-refractivity contribution is 0.0751. The molecular weight excluding hydrogens is 258 g/mol. The first-order valence-corrected chi connectivity index (χ1v) is 6.95. The molecule has 6 nitrogen and oxygen atoms in total. The Hall–Kier alpha value is -1.40. The summed E-state index contributed by atoms with van der Waals surface area (Å²) in [6, 6.07) is 0. The summed E-state index contributed by atoms with van der Waals surface area (Å²) in [5, 5.41) is 4.28. The summed E-state index contributed by atoms with van der Waals surface area (Å²) in [5.74, 6) is 0.523. The molecule has 2 unspecified atom stereocenters. The second-order valence-electron chi connectivity index (χ2n) is 5.42. The maximum Gasteiger partial charge on any atom is 0.190 e. The van der Waals surface area contributed by atoms with E-state index in [-0.39, 0.29) is 17.8 Å². The molecule has 2 atom stereocenters. The number of aromatic nitrogens is 2. The molecule has 0 radical (unpaired) electrons. The number of ether oxygens (including phenoxy) is 2. The average molecular weight is 281 g/mol. The first-order valence-electron chi connectivity index (χ1n) is 6.95. The molecule has 1 aromatic rings. The molecule has 2 rings (SSSR count). The van der Waals surface area contributed by atoms with Crippen LogP contribution in [-0.2, 0) is 11.3 Å². The van der Waals surface area contributed by atoms with Crippen LogP contribution >= 0.6 is 0 Å². The van der Waals surface area contributed by atoms with Crippen molar-refractivity contribution < 1.29 is 14.3 Å². The number of hydrogen-bond donors (Lipinski definition) is 0. The van der Waals surface area contributed by atoms with E-state index < -0.39 is 0 Å². The van der Waals surface area contributed by atoms with E-state index in [1.807, 2.05) is 21.0 Å². The minimum atomic E-state index is -0.0984. The maximum absolute atomic E-state index is 12.7. The van der Waals surface area contributed by atoms with Crippen molar-refractivity contribution >= 4 is 5.78 Å². The first-order chi connectivity index (χ1) is 9.54. The third kappa shape index (κ3) is 3.02. The highest BCUT2D eigenvalue weighted by Crippen LogP contribution is 2.28. The van der Waals surface area contributed by atoms with Crippen molar-refractivity contribution in [2.45, 2.75) is 26.0 Å². The number of rotatable bonds is 6. The Morgan fingerprint density at radius 3 is 2.90 bits per heavy atom. The van der Waals surface area contributed by atoms with Crippen LogP contribution in [0.2, 0.25) is 0 Å². The fourth-order valence-electron chi connectivity index (χ4n) is 2.48. The van der Waals surface area contributed by atoms with Gasteiger partial charge in [0.2, 0.25) is 0 Å². The number of Topliss-reactive ketones (excluding diaryl/α,β-unsaturated/α-hetero) is 1. The molecule has 0 aliphatic carbocycles.